The first kappa shape index (κ1) is 24.0. The maximum absolute atomic E-state index is 13.7. The Morgan fingerprint density at radius 1 is 1.29 bits per heavy atom. The number of aromatic nitrogens is 1. The number of carbonyl (C=O) groups is 3. The van der Waals surface area contributed by atoms with E-state index in [1.54, 1.807) is 6.92 Å². The molecule has 0 bridgehead atoms. The number of amides is 1. The summed E-state index contributed by atoms with van der Waals surface area (Å²) in [7, 11) is 3.07. The van der Waals surface area contributed by atoms with Crippen LogP contribution in [0.4, 0.5) is 5.82 Å². The fourth-order valence-corrected chi connectivity index (χ4v) is 5.70. The van der Waals surface area contributed by atoms with Crippen molar-refractivity contribution in [3.63, 3.8) is 0 Å². The van der Waals surface area contributed by atoms with E-state index in [9.17, 15) is 34.8 Å². The van der Waals surface area contributed by atoms with E-state index in [1.165, 1.54) is 19.0 Å². The highest BCUT2D eigenvalue weighted by atomic mass is 35.5. The van der Waals surface area contributed by atoms with Gasteiger partial charge in [-0.3, -0.25) is 19.3 Å². The molecular formula is C22H25ClN4O7. The topological polar surface area (TPSA) is 186 Å². The molecule has 34 heavy (non-hydrogen) atoms. The maximum Gasteiger partial charge on any atom is 0.255 e. The molecule has 0 aliphatic heterocycles. The van der Waals surface area contributed by atoms with Crippen molar-refractivity contribution >= 4 is 40.7 Å². The van der Waals surface area contributed by atoms with Gasteiger partial charge in [0.2, 0.25) is 5.78 Å². The summed E-state index contributed by atoms with van der Waals surface area (Å²) in [6.07, 6.45) is 0.0676. The highest BCUT2D eigenvalue weighted by Gasteiger charge is 2.64. The smallest absolute Gasteiger partial charge is 0.255 e. The van der Waals surface area contributed by atoms with E-state index in [4.69, 9.17) is 17.3 Å². The largest absolute Gasteiger partial charge is 0.508 e. The maximum atomic E-state index is 13.7. The van der Waals surface area contributed by atoms with Gasteiger partial charge in [0.1, 0.15) is 22.2 Å². The number of hydrogen-bond acceptors (Lipinski definition) is 10. The lowest BCUT2D eigenvalue weighted by molar-refractivity contribution is -0.153. The fourth-order valence-electron chi connectivity index (χ4n) is 5.45. The molecule has 1 saturated carbocycles. The van der Waals surface area contributed by atoms with Gasteiger partial charge in [0.25, 0.3) is 5.91 Å². The number of anilines is 1. The molecule has 1 fully saturated rings. The number of likely N-dealkylation sites (N-methyl/N-ethyl adjacent to an activating group) is 1. The van der Waals surface area contributed by atoms with E-state index in [2.05, 4.69) is 10.3 Å². The monoisotopic (exact) mass is 492 g/mol. The minimum atomic E-state index is -2.68. The summed E-state index contributed by atoms with van der Waals surface area (Å²) in [5, 5.41) is 47.0. The molecule has 3 aliphatic rings. The van der Waals surface area contributed by atoms with Gasteiger partial charge < -0.3 is 31.5 Å². The number of pyridine rings is 1. The van der Waals surface area contributed by atoms with Gasteiger partial charge in [-0.1, -0.05) is 11.6 Å². The Balaban J connectivity index is 1.98. The van der Waals surface area contributed by atoms with Crippen LogP contribution in [0.5, 0.6) is 5.75 Å². The third-order valence-electron chi connectivity index (χ3n) is 6.88. The summed E-state index contributed by atoms with van der Waals surface area (Å²) in [6.45, 7) is 2.16. The molecule has 0 aromatic carbocycles. The Bertz CT molecular complexity index is 1210. The minimum Gasteiger partial charge on any atom is -0.508 e. The number of carbonyl (C=O) groups excluding carboxylic acids is 3. The van der Waals surface area contributed by atoms with Crippen LogP contribution < -0.4 is 11.1 Å². The van der Waals surface area contributed by atoms with Gasteiger partial charge in [-0.25, -0.2) is 4.98 Å². The van der Waals surface area contributed by atoms with Crippen LogP contribution in [0.3, 0.4) is 0 Å². The second-order valence-electron chi connectivity index (χ2n) is 8.95. The van der Waals surface area contributed by atoms with E-state index in [0.717, 1.165) is 0 Å². The van der Waals surface area contributed by atoms with Crippen molar-refractivity contribution in [2.75, 3.05) is 26.0 Å². The Labute approximate surface area is 199 Å². The second-order valence-corrected chi connectivity index (χ2v) is 9.30. The van der Waals surface area contributed by atoms with Gasteiger partial charge in [0.15, 0.2) is 23.0 Å². The van der Waals surface area contributed by atoms with Gasteiger partial charge >= 0.3 is 0 Å². The number of aliphatic hydroxyl groups excluding tert-OH is 2. The number of aliphatic hydroxyl groups is 3. The molecule has 0 spiro atoms. The van der Waals surface area contributed by atoms with E-state index in [0.29, 0.717) is 12.1 Å². The van der Waals surface area contributed by atoms with E-state index >= 15 is 0 Å². The van der Waals surface area contributed by atoms with Crippen molar-refractivity contribution in [1.29, 1.82) is 0 Å². The number of nitrogens with zero attached hydrogens (tertiary/aromatic N) is 2. The van der Waals surface area contributed by atoms with Crippen LogP contribution in [-0.2, 0) is 20.8 Å². The van der Waals surface area contributed by atoms with E-state index < -0.39 is 63.8 Å². The normalized spacial score (nSPS) is 28.6. The molecule has 0 unspecified atom stereocenters. The highest BCUT2D eigenvalue weighted by Crippen LogP contribution is 2.53. The first-order chi connectivity index (χ1) is 15.9. The number of fused-ring (bicyclic) bond motifs is 3. The lowest BCUT2D eigenvalue weighted by Crippen LogP contribution is -2.65. The van der Waals surface area contributed by atoms with Gasteiger partial charge in [-0.15, -0.1) is 0 Å². The van der Waals surface area contributed by atoms with Crippen molar-refractivity contribution in [1.82, 2.24) is 9.88 Å². The summed E-state index contributed by atoms with van der Waals surface area (Å²) >= 11 is 6.34. The Morgan fingerprint density at radius 3 is 2.50 bits per heavy atom. The first-order valence-electron chi connectivity index (χ1n) is 10.7. The van der Waals surface area contributed by atoms with Crippen molar-refractivity contribution in [3.05, 3.63) is 33.2 Å². The molecular weight excluding hydrogens is 468 g/mol. The number of aromatic hydroxyl groups is 1. The molecule has 1 amide bonds. The summed E-state index contributed by atoms with van der Waals surface area (Å²) in [6, 6.07) is -1.14. The SMILES string of the molecule is CCNc1nc(Cl)c2c(c1O)C(O)=C1C(=O)[C@]3(O)C(O)=C(C(N)=O)C(=O)[C@@H](N(C)C)[C@@H]3C[C@@H]1C2. The predicted molar refractivity (Wildman–Crippen MR) is 121 cm³/mol. The molecule has 11 nitrogen and oxygen atoms in total. The number of Topliss-reactive ketones (excluding diaryl/α,β-unsaturated/α-hetero) is 2. The number of primary amides is 1. The van der Waals surface area contributed by atoms with Crippen LogP contribution >= 0.6 is 11.6 Å². The average molecular weight is 493 g/mol. The zero-order valence-corrected chi connectivity index (χ0v) is 19.5. The highest BCUT2D eigenvalue weighted by molar-refractivity contribution is 6.31. The number of halogens is 1. The van der Waals surface area contributed by atoms with Crippen LogP contribution in [0.2, 0.25) is 5.15 Å². The third-order valence-corrected chi connectivity index (χ3v) is 7.19. The molecule has 0 saturated heterocycles. The fraction of sp³-hybridized carbons (Fsp3) is 0.455. The van der Waals surface area contributed by atoms with E-state index in [-0.39, 0.29) is 34.9 Å². The molecule has 1 heterocycles. The summed E-state index contributed by atoms with van der Waals surface area (Å²) in [5.74, 6) is -7.18. The third kappa shape index (κ3) is 3.04. The van der Waals surface area contributed by atoms with Gasteiger partial charge in [-0.05, 0) is 39.8 Å². The zero-order valence-electron chi connectivity index (χ0n) is 18.7. The Kier molecular flexibility index (Phi) is 5.62. The van der Waals surface area contributed by atoms with Gasteiger partial charge in [0, 0.05) is 23.6 Å². The number of rotatable bonds is 4. The van der Waals surface area contributed by atoms with Gasteiger partial charge in [0.05, 0.1) is 11.6 Å². The molecule has 4 rings (SSSR count). The predicted octanol–water partition coefficient (Wildman–Crippen LogP) is 0.444. The molecule has 1 aromatic rings. The van der Waals surface area contributed by atoms with Crippen LogP contribution in [-0.4, -0.2) is 80.1 Å². The molecule has 182 valence electrons. The van der Waals surface area contributed by atoms with Crippen LogP contribution in [0.15, 0.2) is 16.9 Å². The average Bonchev–Trinajstić information content (AvgIpc) is 2.74. The van der Waals surface area contributed by atoms with Crippen molar-refractivity contribution in [3.8, 4) is 5.75 Å². The Morgan fingerprint density at radius 2 is 1.94 bits per heavy atom. The summed E-state index contributed by atoms with van der Waals surface area (Å²) in [5.41, 5.74) is 1.73. The first-order valence-corrected chi connectivity index (χ1v) is 11.1. The number of hydrogen-bond donors (Lipinski definition) is 6. The summed E-state index contributed by atoms with van der Waals surface area (Å²) in [4.78, 5) is 44.3. The van der Waals surface area contributed by atoms with Crippen molar-refractivity contribution < 1.29 is 34.8 Å². The summed E-state index contributed by atoms with van der Waals surface area (Å²) < 4.78 is 0. The quantitative estimate of drug-likeness (QED) is 0.254. The molecule has 12 heteroatoms. The molecule has 1 aromatic heterocycles. The lowest BCUT2D eigenvalue weighted by Gasteiger charge is -2.50. The molecule has 7 N–H and O–H groups in total. The van der Waals surface area contributed by atoms with Crippen LogP contribution in [0.25, 0.3) is 5.76 Å². The molecule has 0 radical (unpaired) electrons. The van der Waals surface area contributed by atoms with Crippen LogP contribution in [0.1, 0.15) is 24.5 Å². The number of nitrogens with two attached hydrogens (primary N) is 1. The van der Waals surface area contributed by atoms with Gasteiger partial charge in [-0.2, -0.15) is 0 Å². The molecule has 3 aliphatic carbocycles. The Hall–Kier alpha value is -3.15. The standard InChI is InChI=1S/C22H25ClN4O7/c1-4-25-21-16(30)11-8(19(23)26-21)5-7-6-9-13(27(2)3)15(29)12(20(24)33)18(32)22(9,34)17(31)10(7)14(11)28/h7,9,13,28,30,32,34H,4-6H2,1-3H3,(H2,24,33)(H,25,26)/t7-,9-,13-,22-/m0/s1. The van der Waals surface area contributed by atoms with E-state index in [1.807, 2.05) is 0 Å². The number of nitrogens with one attached hydrogen (secondary N) is 1. The minimum absolute atomic E-state index is 0.00592. The molecule has 4 atom stereocenters. The van der Waals surface area contributed by atoms with Crippen molar-refractivity contribution in [2.45, 2.75) is 31.4 Å². The zero-order chi connectivity index (χ0) is 25.3. The van der Waals surface area contributed by atoms with Crippen molar-refractivity contribution in [2.24, 2.45) is 17.6 Å². The number of ketones is 2. The second kappa shape index (κ2) is 7.97. The lowest BCUT2D eigenvalue weighted by atomic mass is 9.57. The van der Waals surface area contributed by atoms with Crippen LogP contribution in [0, 0.1) is 11.8 Å².